The molecule has 21 heavy (non-hydrogen) atoms. The van der Waals surface area contributed by atoms with Gasteiger partial charge in [0.15, 0.2) is 5.82 Å². The molecule has 2 aromatic heterocycles. The highest BCUT2D eigenvalue weighted by atomic mass is 16.2. The number of carbonyl (C=O) groups is 1. The molecule has 7 nitrogen and oxygen atoms in total. The van der Waals surface area contributed by atoms with Gasteiger partial charge < -0.3 is 9.47 Å². The van der Waals surface area contributed by atoms with Gasteiger partial charge in [0.05, 0.1) is 0 Å². The third-order valence-electron chi connectivity index (χ3n) is 3.88. The fraction of sp³-hybridized carbons (Fsp3) is 0.500. The summed E-state index contributed by atoms with van der Waals surface area (Å²) < 4.78 is 3.85. The number of nitrogens with zero attached hydrogens (tertiary/aromatic N) is 5. The molecule has 1 aliphatic heterocycles. The van der Waals surface area contributed by atoms with Crippen LogP contribution in [0.15, 0.2) is 24.7 Å². The Hall–Kier alpha value is -2.31. The third-order valence-corrected chi connectivity index (χ3v) is 3.88. The zero-order chi connectivity index (χ0) is 14.8. The fourth-order valence-corrected chi connectivity index (χ4v) is 2.73. The first-order valence-electron chi connectivity index (χ1n) is 7.13. The second-order valence-corrected chi connectivity index (χ2v) is 5.58. The van der Waals surface area contributed by atoms with Gasteiger partial charge in [-0.2, -0.15) is 5.10 Å². The van der Waals surface area contributed by atoms with Crippen molar-refractivity contribution in [2.45, 2.75) is 19.4 Å². The molecule has 1 aliphatic rings. The van der Waals surface area contributed by atoms with Crippen LogP contribution >= 0.6 is 0 Å². The van der Waals surface area contributed by atoms with Crippen LogP contribution in [0.5, 0.6) is 0 Å². The number of aromatic nitrogens is 4. The Bertz CT molecular complexity index is 631. The molecular formula is C14H20N6O. The minimum atomic E-state index is -0.123. The molecule has 0 saturated heterocycles. The number of anilines is 1. The molecule has 0 bridgehead atoms. The quantitative estimate of drug-likeness (QED) is 0.927. The Morgan fingerprint density at radius 2 is 2.38 bits per heavy atom. The van der Waals surface area contributed by atoms with Gasteiger partial charge in [-0.1, -0.05) is 0 Å². The Morgan fingerprint density at radius 1 is 1.52 bits per heavy atom. The van der Waals surface area contributed by atoms with Crippen molar-refractivity contribution in [2.75, 3.05) is 18.9 Å². The summed E-state index contributed by atoms with van der Waals surface area (Å²) in [6.45, 7) is 1.71. The molecule has 0 unspecified atom stereocenters. The normalized spacial score (nSPS) is 17.3. The molecule has 0 aliphatic carbocycles. The van der Waals surface area contributed by atoms with E-state index >= 15 is 0 Å². The van der Waals surface area contributed by atoms with E-state index in [9.17, 15) is 4.79 Å². The van der Waals surface area contributed by atoms with Gasteiger partial charge in [-0.05, 0) is 12.3 Å². The van der Waals surface area contributed by atoms with Crippen LogP contribution in [0.25, 0.3) is 0 Å². The van der Waals surface area contributed by atoms with E-state index in [1.54, 1.807) is 21.8 Å². The molecule has 3 rings (SSSR count). The second-order valence-electron chi connectivity index (χ2n) is 5.58. The summed E-state index contributed by atoms with van der Waals surface area (Å²) in [7, 11) is 3.64. The predicted molar refractivity (Wildman–Crippen MR) is 78.9 cm³/mol. The van der Waals surface area contributed by atoms with Crippen molar-refractivity contribution >= 4 is 11.8 Å². The van der Waals surface area contributed by atoms with E-state index in [0.29, 0.717) is 11.7 Å². The Kier molecular flexibility index (Phi) is 3.64. The van der Waals surface area contributed by atoms with Crippen LogP contribution in [0.3, 0.4) is 0 Å². The van der Waals surface area contributed by atoms with Gasteiger partial charge in [0.25, 0.3) is 0 Å². The fourth-order valence-electron chi connectivity index (χ4n) is 2.73. The van der Waals surface area contributed by atoms with E-state index in [1.807, 2.05) is 26.5 Å². The number of aryl methyl sites for hydroxylation is 2. The van der Waals surface area contributed by atoms with Crippen molar-refractivity contribution in [1.82, 2.24) is 24.2 Å². The van der Waals surface area contributed by atoms with E-state index in [-0.39, 0.29) is 6.03 Å². The number of amides is 2. The minimum absolute atomic E-state index is 0.123. The summed E-state index contributed by atoms with van der Waals surface area (Å²) >= 11 is 0. The molecule has 112 valence electrons. The van der Waals surface area contributed by atoms with Gasteiger partial charge in [-0.25, -0.2) is 9.78 Å². The molecule has 2 aromatic rings. The number of imidazole rings is 1. The van der Waals surface area contributed by atoms with Crippen molar-refractivity contribution in [2.24, 2.45) is 13.0 Å². The number of hydrogen-bond donors (Lipinski definition) is 1. The molecule has 0 radical (unpaired) electrons. The largest absolute Gasteiger partial charge is 0.335 e. The topological polar surface area (TPSA) is 68.0 Å². The Morgan fingerprint density at radius 3 is 3.14 bits per heavy atom. The summed E-state index contributed by atoms with van der Waals surface area (Å²) in [6.07, 6.45) is 7.66. The lowest BCUT2D eigenvalue weighted by Crippen LogP contribution is -2.37. The highest BCUT2D eigenvalue weighted by Gasteiger charge is 2.22. The van der Waals surface area contributed by atoms with Crippen molar-refractivity contribution < 1.29 is 4.79 Å². The smallest absolute Gasteiger partial charge is 0.322 e. The predicted octanol–water partition coefficient (Wildman–Crippen LogP) is 1.34. The van der Waals surface area contributed by atoms with Crippen LogP contribution in [0, 0.1) is 5.92 Å². The first-order chi connectivity index (χ1) is 10.1. The maximum Gasteiger partial charge on any atom is 0.322 e. The van der Waals surface area contributed by atoms with Gasteiger partial charge in [0.1, 0.15) is 5.82 Å². The van der Waals surface area contributed by atoms with E-state index in [0.717, 1.165) is 31.8 Å². The van der Waals surface area contributed by atoms with Gasteiger partial charge in [0, 0.05) is 58.3 Å². The van der Waals surface area contributed by atoms with Crippen molar-refractivity contribution in [3.63, 3.8) is 0 Å². The molecule has 0 spiro atoms. The van der Waals surface area contributed by atoms with Crippen LogP contribution in [0.2, 0.25) is 0 Å². The second kappa shape index (κ2) is 5.59. The van der Waals surface area contributed by atoms with Crippen molar-refractivity contribution in [3.8, 4) is 0 Å². The van der Waals surface area contributed by atoms with Crippen LogP contribution in [0.4, 0.5) is 10.6 Å². The number of rotatable bonds is 3. The van der Waals surface area contributed by atoms with Gasteiger partial charge >= 0.3 is 6.03 Å². The first-order valence-corrected chi connectivity index (χ1v) is 7.13. The van der Waals surface area contributed by atoms with E-state index in [4.69, 9.17) is 0 Å². The SMILES string of the molecule is CN(C[C@H]1CCn2ccnc2C1)C(=O)Nc1ccn(C)n1. The molecule has 1 atom stereocenters. The zero-order valence-electron chi connectivity index (χ0n) is 12.4. The zero-order valence-corrected chi connectivity index (χ0v) is 12.4. The van der Waals surface area contributed by atoms with E-state index in [2.05, 4.69) is 20.0 Å². The van der Waals surface area contributed by atoms with Gasteiger partial charge in [-0.15, -0.1) is 0 Å². The lowest BCUT2D eigenvalue weighted by molar-refractivity contribution is 0.207. The molecule has 0 saturated carbocycles. The average Bonchev–Trinajstić information content (AvgIpc) is 3.07. The molecule has 2 amide bonds. The maximum absolute atomic E-state index is 12.1. The summed E-state index contributed by atoms with van der Waals surface area (Å²) in [4.78, 5) is 18.2. The molecule has 1 N–H and O–H groups in total. The number of nitrogens with one attached hydrogen (secondary N) is 1. The van der Waals surface area contributed by atoms with Crippen LogP contribution < -0.4 is 5.32 Å². The van der Waals surface area contributed by atoms with Crippen molar-refractivity contribution in [3.05, 3.63) is 30.5 Å². The Labute approximate surface area is 123 Å². The van der Waals surface area contributed by atoms with Crippen LogP contribution in [-0.4, -0.2) is 43.9 Å². The standard InChI is InChI=1S/C14H20N6O/c1-18(14(21)16-12-4-6-19(2)17-12)10-11-3-7-20-8-5-15-13(20)9-11/h4-6,8,11H,3,7,9-10H2,1-2H3,(H,16,17,21)/t11-/m0/s1. The third kappa shape index (κ3) is 3.07. The summed E-state index contributed by atoms with van der Waals surface area (Å²) in [5.41, 5.74) is 0. The van der Waals surface area contributed by atoms with Crippen LogP contribution in [-0.2, 0) is 20.0 Å². The highest BCUT2D eigenvalue weighted by molar-refractivity contribution is 5.87. The Balaban J connectivity index is 1.54. The monoisotopic (exact) mass is 288 g/mol. The van der Waals surface area contributed by atoms with Crippen molar-refractivity contribution in [1.29, 1.82) is 0 Å². The number of carbonyl (C=O) groups excluding carboxylic acids is 1. The van der Waals surface area contributed by atoms with Crippen LogP contribution in [0.1, 0.15) is 12.2 Å². The van der Waals surface area contributed by atoms with E-state index < -0.39 is 0 Å². The number of hydrogen-bond acceptors (Lipinski definition) is 3. The lowest BCUT2D eigenvalue weighted by atomic mass is 9.97. The van der Waals surface area contributed by atoms with Gasteiger partial charge in [-0.3, -0.25) is 10.00 Å². The highest BCUT2D eigenvalue weighted by Crippen LogP contribution is 2.20. The molecular weight excluding hydrogens is 268 g/mol. The lowest BCUT2D eigenvalue weighted by Gasteiger charge is -2.27. The first kappa shape index (κ1) is 13.7. The maximum atomic E-state index is 12.1. The molecule has 0 aromatic carbocycles. The minimum Gasteiger partial charge on any atom is -0.335 e. The summed E-state index contributed by atoms with van der Waals surface area (Å²) in [5.74, 6) is 2.15. The number of urea groups is 1. The molecule has 7 heteroatoms. The summed E-state index contributed by atoms with van der Waals surface area (Å²) in [5, 5.41) is 6.95. The average molecular weight is 288 g/mol. The molecule has 0 fully saturated rings. The summed E-state index contributed by atoms with van der Waals surface area (Å²) in [6, 6.07) is 1.66. The van der Waals surface area contributed by atoms with E-state index in [1.165, 1.54) is 0 Å². The number of fused-ring (bicyclic) bond motifs is 1. The van der Waals surface area contributed by atoms with Gasteiger partial charge in [0.2, 0.25) is 0 Å². The molecule has 3 heterocycles.